The number of amides is 2. The Labute approximate surface area is 146 Å². The van der Waals surface area contributed by atoms with E-state index < -0.39 is 17.8 Å². The topological polar surface area (TPSA) is 63.7 Å². The molecular formula is C20H19NO4. The Balaban J connectivity index is 1.62. The van der Waals surface area contributed by atoms with Crippen molar-refractivity contribution in [3.63, 3.8) is 0 Å². The molecule has 1 aliphatic heterocycles. The highest BCUT2D eigenvalue weighted by Crippen LogP contribution is 2.29. The Morgan fingerprint density at radius 2 is 1.44 bits per heavy atom. The van der Waals surface area contributed by atoms with Gasteiger partial charge in [0.2, 0.25) is 0 Å². The van der Waals surface area contributed by atoms with Crippen LogP contribution in [-0.4, -0.2) is 22.8 Å². The minimum Gasteiger partial charge on any atom is -0.330 e. The monoisotopic (exact) mass is 337 g/mol. The van der Waals surface area contributed by atoms with Crippen LogP contribution in [0.4, 0.5) is 0 Å². The maximum Gasteiger partial charge on any atom is 0.333 e. The van der Waals surface area contributed by atoms with E-state index in [0.717, 1.165) is 5.56 Å². The van der Waals surface area contributed by atoms with Gasteiger partial charge in [-0.2, -0.15) is 0 Å². The van der Waals surface area contributed by atoms with Crippen LogP contribution in [0.2, 0.25) is 0 Å². The summed E-state index contributed by atoms with van der Waals surface area (Å²) in [5.41, 5.74) is 1.40. The maximum absolute atomic E-state index is 12.2. The van der Waals surface area contributed by atoms with E-state index in [1.165, 1.54) is 0 Å². The molecule has 2 aromatic rings. The Kier molecular flexibility index (Phi) is 4.40. The van der Waals surface area contributed by atoms with Gasteiger partial charge in [0.1, 0.15) is 0 Å². The number of fused-ring (bicyclic) bond motifs is 1. The number of imide groups is 1. The first-order valence-electron chi connectivity index (χ1n) is 8.14. The van der Waals surface area contributed by atoms with Gasteiger partial charge in [0.15, 0.2) is 0 Å². The summed E-state index contributed by atoms with van der Waals surface area (Å²) >= 11 is 0. The third-order valence-corrected chi connectivity index (χ3v) is 4.46. The molecular weight excluding hydrogens is 318 g/mol. The largest absolute Gasteiger partial charge is 0.333 e. The highest BCUT2D eigenvalue weighted by atomic mass is 16.7. The molecule has 2 aromatic carbocycles. The van der Waals surface area contributed by atoms with E-state index in [0.29, 0.717) is 11.5 Å². The second-order valence-corrected chi connectivity index (χ2v) is 6.66. The third kappa shape index (κ3) is 3.31. The standard InChI is InChI=1S/C20H19NO4/c1-20(2,14-8-4-3-5-9-14)13-12-17(22)25-21-18(23)15-10-6-7-11-16(15)19(21)24/h3-11H,12-13H2,1-2H3. The van der Waals surface area contributed by atoms with Crippen LogP contribution in [0.1, 0.15) is 53.0 Å². The van der Waals surface area contributed by atoms with Crippen LogP contribution in [0.25, 0.3) is 0 Å². The lowest BCUT2D eigenvalue weighted by Crippen LogP contribution is -2.33. The van der Waals surface area contributed by atoms with E-state index in [1.54, 1.807) is 24.3 Å². The van der Waals surface area contributed by atoms with E-state index in [2.05, 4.69) is 0 Å². The molecule has 3 rings (SSSR count). The lowest BCUT2D eigenvalue weighted by atomic mass is 9.80. The number of carbonyl (C=O) groups excluding carboxylic acids is 3. The van der Waals surface area contributed by atoms with Crippen LogP contribution in [0.15, 0.2) is 54.6 Å². The van der Waals surface area contributed by atoms with Gasteiger partial charge in [-0.05, 0) is 29.5 Å². The minimum atomic E-state index is -0.601. The van der Waals surface area contributed by atoms with Crippen LogP contribution in [0.3, 0.4) is 0 Å². The summed E-state index contributed by atoms with van der Waals surface area (Å²) in [4.78, 5) is 41.6. The van der Waals surface area contributed by atoms with Crippen molar-refractivity contribution < 1.29 is 19.2 Å². The molecule has 5 nitrogen and oxygen atoms in total. The molecule has 0 atom stereocenters. The van der Waals surface area contributed by atoms with Crippen molar-refractivity contribution in [1.82, 2.24) is 5.06 Å². The first kappa shape index (κ1) is 16.9. The predicted molar refractivity (Wildman–Crippen MR) is 91.7 cm³/mol. The van der Waals surface area contributed by atoms with Gasteiger partial charge in [-0.3, -0.25) is 9.59 Å². The number of hydroxylamine groups is 2. The highest BCUT2D eigenvalue weighted by Gasteiger charge is 2.38. The zero-order valence-electron chi connectivity index (χ0n) is 14.2. The zero-order valence-corrected chi connectivity index (χ0v) is 14.2. The molecule has 0 spiro atoms. The summed E-state index contributed by atoms with van der Waals surface area (Å²) in [5, 5.41) is 0.558. The molecule has 1 aliphatic rings. The predicted octanol–water partition coefficient (Wildman–Crippen LogP) is 3.50. The molecule has 0 N–H and O–H groups in total. The zero-order chi connectivity index (χ0) is 18.0. The molecule has 128 valence electrons. The van der Waals surface area contributed by atoms with E-state index in [-0.39, 0.29) is 23.0 Å². The normalized spacial score (nSPS) is 13.8. The van der Waals surface area contributed by atoms with E-state index in [9.17, 15) is 14.4 Å². The molecule has 0 bridgehead atoms. The molecule has 25 heavy (non-hydrogen) atoms. The fraction of sp³-hybridized carbons (Fsp3) is 0.250. The number of rotatable bonds is 5. The molecule has 0 saturated heterocycles. The summed E-state index contributed by atoms with van der Waals surface area (Å²) in [5.74, 6) is -1.80. The lowest BCUT2D eigenvalue weighted by Gasteiger charge is -2.25. The summed E-state index contributed by atoms with van der Waals surface area (Å²) in [6.45, 7) is 4.08. The second-order valence-electron chi connectivity index (χ2n) is 6.66. The molecule has 0 saturated carbocycles. The van der Waals surface area contributed by atoms with E-state index >= 15 is 0 Å². The molecule has 0 radical (unpaired) electrons. The molecule has 0 unspecified atom stereocenters. The van der Waals surface area contributed by atoms with Crippen molar-refractivity contribution in [3.05, 3.63) is 71.3 Å². The average molecular weight is 337 g/mol. The highest BCUT2D eigenvalue weighted by molar-refractivity contribution is 6.20. The Bertz CT molecular complexity index is 792. The van der Waals surface area contributed by atoms with Crippen molar-refractivity contribution in [2.45, 2.75) is 32.1 Å². The van der Waals surface area contributed by atoms with Crippen molar-refractivity contribution >= 4 is 17.8 Å². The van der Waals surface area contributed by atoms with Gasteiger partial charge >= 0.3 is 5.97 Å². The van der Waals surface area contributed by atoms with Crippen LogP contribution in [0, 0.1) is 0 Å². The van der Waals surface area contributed by atoms with Crippen LogP contribution < -0.4 is 0 Å². The number of nitrogens with zero attached hydrogens (tertiary/aromatic N) is 1. The van der Waals surface area contributed by atoms with Gasteiger partial charge < -0.3 is 4.84 Å². The van der Waals surface area contributed by atoms with Gasteiger partial charge in [0, 0.05) is 6.42 Å². The van der Waals surface area contributed by atoms with Crippen molar-refractivity contribution in [2.24, 2.45) is 0 Å². The number of hydrogen-bond acceptors (Lipinski definition) is 4. The first-order chi connectivity index (χ1) is 11.9. The van der Waals surface area contributed by atoms with E-state index in [4.69, 9.17) is 4.84 Å². The van der Waals surface area contributed by atoms with Crippen LogP contribution >= 0.6 is 0 Å². The fourth-order valence-electron chi connectivity index (χ4n) is 2.85. The number of carbonyl (C=O) groups is 3. The summed E-state index contributed by atoms with van der Waals surface area (Å²) in [6, 6.07) is 16.3. The summed E-state index contributed by atoms with van der Waals surface area (Å²) < 4.78 is 0. The molecule has 5 heteroatoms. The second kappa shape index (κ2) is 6.51. The fourth-order valence-corrected chi connectivity index (χ4v) is 2.85. The Hall–Kier alpha value is -2.95. The molecule has 0 aromatic heterocycles. The van der Waals surface area contributed by atoms with Gasteiger partial charge in [-0.1, -0.05) is 61.4 Å². The van der Waals surface area contributed by atoms with Gasteiger partial charge in [-0.15, -0.1) is 0 Å². The van der Waals surface area contributed by atoms with Gasteiger partial charge in [-0.25, -0.2) is 4.79 Å². The van der Waals surface area contributed by atoms with Crippen molar-refractivity contribution in [1.29, 1.82) is 0 Å². The third-order valence-electron chi connectivity index (χ3n) is 4.46. The average Bonchev–Trinajstić information content (AvgIpc) is 2.86. The molecule has 2 amide bonds. The van der Waals surface area contributed by atoms with Gasteiger partial charge in [0.05, 0.1) is 11.1 Å². The summed E-state index contributed by atoms with van der Waals surface area (Å²) in [6.07, 6.45) is 0.647. The summed E-state index contributed by atoms with van der Waals surface area (Å²) in [7, 11) is 0. The quantitative estimate of drug-likeness (QED) is 0.783. The molecule has 0 aliphatic carbocycles. The van der Waals surface area contributed by atoms with Gasteiger partial charge in [0.25, 0.3) is 11.8 Å². The number of hydrogen-bond donors (Lipinski definition) is 0. The molecule has 0 fully saturated rings. The minimum absolute atomic E-state index is 0.106. The van der Waals surface area contributed by atoms with E-state index in [1.807, 2.05) is 44.2 Å². The van der Waals surface area contributed by atoms with Crippen molar-refractivity contribution in [3.8, 4) is 0 Å². The smallest absolute Gasteiger partial charge is 0.330 e. The Morgan fingerprint density at radius 3 is 2.00 bits per heavy atom. The van der Waals surface area contributed by atoms with Crippen LogP contribution in [0.5, 0.6) is 0 Å². The van der Waals surface area contributed by atoms with Crippen LogP contribution in [-0.2, 0) is 15.0 Å². The molecule has 1 heterocycles. The lowest BCUT2D eigenvalue weighted by molar-refractivity contribution is -0.168. The maximum atomic E-state index is 12.2. The first-order valence-corrected chi connectivity index (χ1v) is 8.14. The number of benzene rings is 2. The van der Waals surface area contributed by atoms with Crippen molar-refractivity contribution in [2.75, 3.05) is 0 Å². The Morgan fingerprint density at radius 1 is 0.920 bits per heavy atom. The SMILES string of the molecule is CC(C)(CCC(=O)ON1C(=O)c2ccccc2C1=O)c1ccccc1.